The van der Waals surface area contributed by atoms with Crippen molar-refractivity contribution in [2.24, 2.45) is 0 Å². The lowest BCUT2D eigenvalue weighted by Gasteiger charge is -2.24. The second kappa shape index (κ2) is 5.04. The van der Waals surface area contributed by atoms with Gasteiger partial charge in [0.15, 0.2) is 0 Å². The van der Waals surface area contributed by atoms with E-state index in [1.165, 1.54) is 19.3 Å². The largest absolute Gasteiger partial charge is 0.408 e. The predicted molar refractivity (Wildman–Crippen MR) is 65.2 cm³/mol. The van der Waals surface area contributed by atoms with Crippen molar-refractivity contribution in [2.75, 3.05) is 31.1 Å². The average molecular weight is 236 g/mol. The Hall–Kier alpha value is -1.10. The molecule has 1 N–H and O–H groups in total. The number of piperidine rings is 2. The molecule has 5 nitrogen and oxygen atoms in total. The summed E-state index contributed by atoms with van der Waals surface area (Å²) in [6, 6.07) is 0.734. The number of nitrogens with one attached hydrogen (secondary N) is 1. The Kier molecular flexibility index (Phi) is 3.27. The van der Waals surface area contributed by atoms with Crippen LogP contribution in [-0.2, 0) is 0 Å². The molecule has 1 aromatic heterocycles. The monoisotopic (exact) mass is 236 g/mol. The molecule has 0 bridgehead atoms. The molecule has 0 atom stereocenters. The van der Waals surface area contributed by atoms with Crippen molar-refractivity contribution in [3.8, 4) is 0 Å². The summed E-state index contributed by atoms with van der Waals surface area (Å²) >= 11 is 0. The van der Waals surface area contributed by atoms with Crippen LogP contribution in [0, 0.1) is 0 Å². The maximum absolute atomic E-state index is 5.84. The molecule has 0 aromatic carbocycles. The zero-order chi connectivity index (χ0) is 11.5. The third-order valence-corrected chi connectivity index (χ3v) is 3.74. The molecule has 0 unspecified atom stereocenters. The van der Waals surface area contributed by atoms with E-state index in [-0.39, 0.29) is 0 Å². The van der Waals surface area contributed by atoms with E-state index in [9.17, 15) is 0 Å². The van der Waals surface area contributed by atoms with Crippen LogP contribution in [0.1, 0.15) is 43.9 Å². The van der Waals surface area contributed by atoms with Gasteiger partial charge in [-0.05, 0) is 45.2 Å². The number of aromatic nitrogens is 2. The zero-order valence-corrected chi connectivity index (χ0v) is 10.2. The summed E-state index contributed by atoms with van der Waals surface area (Å²) in [4.78, 5) is 2.22. The number of nitrogens with zero attached hydrogens (tertiary/aromatic N) is 3. The second-order valence-corrected chi connectivity index (χ2v) is 4.99. The summed E-state index contributed by atoms with van der Waals surface area (Å²) < 4.78 is 5.84. The summed E-state index contributed by atoms with van der Waals surface area (Å²) in [5.41, 5.74) is 0. The number of hydrogen-bond donors (Lipinski definition) is 1. The Morgan fingerprint density at radius 2 is 1.82 bits per heavy atom. The molecule has 0 radical (unpaired) electrons. The van der Waals surface area contributed by atoms with Crippen LogP contribution in [0.15, 0.2) is 4.42 Å². The quantitative estimate of drug-likeness (QED) is 0.844. The maximum Gasteiger partial charge on any atom is 0.318 e. The molecular formula is C12H20N4O. The van der Waals surface area contributed by atoms with Gasteiger partial charge < -0.3 is 14.6 Å². The van der Waals surface area contributed by atoms with Crippen LogP contribution in [-0.4, -0.2) is 36.4 Å². The number of hydrogen-bond acceptors (Lipinski definition) is 5. The fourth-order valence-electron chi connectivity index (χ4n) is 2.67. The lowest BCUT2D eigenvalue weighted by atomic mass is 9.98. The van der Waals surface area contributed by atoms with Crippen LogP contribution in [0.5, 0.6) is 0 Å². The molecule has 2 aliphatic rings. The maximum atomic E-state index is 5.84. The molecule has 1 aromatic rings. The lowest BCUT2D eigenvalue weighted by Crippen LogP contribution is -2.29. The standard InChI is InChI=1S/C12H20N4O/c1-2-8-16(9-3-1)12-15-14-11(17-12)10-4-6-13-7-5-10/h10,13H,1-9H2. The Morgan fingerprint density at radius 1 is 1.06 bits per heavy atom. The van der Waals surface area contributed by atoms with Gasteiger partial charge in [0.25, 0.3) is 0 Å². The van der Waals surface area contributed by atoms with Gasteiger partial charge in [-0.2, -0.15) is 0 Å². The Morgan fingerprint density at radius 3 is 2.59 bits per heavy atom. The minimum absolute atomic E-state index is 0.460. The van der Waals surface area contributed by atoms with Gasteiger partial charge in [-0.3, -0.25) is 0 Å². The van der Waals surface area contributed by atoms with Crippen LogP contribution in [0.2, 0.25) is 0 Å². The molecule has 2 aliphatic heterocycles. The minimum Gasteiger partial charge on any atom is -0.408 e. The van der Waals surface area contributed by atoms with Gasteiger partial charge in [-0.25, -0.2) is 0 Å². The van der Waals surface area contributed by atoms with E-state index in [0.717, 1.165) is 50.9 Å². The van der Waals surface area contributed by atoms with Gasteiger partial charge in [0.05, 0.1) is 0 Å². The van der Waals surface area contributed by atoms with Crippen molar-refractivity contribution in [3.63, 3.8) is 0 Å². The Labute approximate surface area is 102 Å². The van der Waals surface area contributed by atoms with Crippen LogP contribution in [0.3, 0.4) is 0 Å². The van der Waals surface area contributed by atoms with Gasteiger partial charge in [0.1, 0.15) is 0 Å². The second-order valence-electron chi connectivity index (χ2n) is 4.99. The third-order valence-electron chi connectivity index (χ3n) is 3.74. The van der Waals surface area contributed by atoms with E-state index in [1.807, 2.05) is 0 Å². The molecule has 3 heterocycles. The predicted octanol–water partition coefficient (Wildman–Crippen LogP) is 1.53. The summed E-state index contributed by atoms with van der Waals surface area (Å²) in [6.45, 7) is 4.25. The molecule has 2 fully saturated rings. The molecule has 94 valence electrons. The third kappa shape index (κ3) is 2.44. The fraction of sp³-hybridized carbons (Fsp3) is 0.833. The van der Waals surface area contributed by atoms with E-state index in [1.54, 1.807) is 0 Å². The van der Waals surface area contributed by atoms with E-state index in [4.69, 9.17) is 4.42 Å². The first-order chi connectivity index (χ1) is 8.43. The van der Waals surface area contributed by atoms with Crippen LogP contribution < -0.4 is 10.2 Å². The van der Waals surface area contributed by atoms with Gasteiger partial charge in [0.2, 0.25) is 5.89 Å². The molecule has 0 amide bonds. The van der Waals surface area contributed by atoms with Crippen molar-refractivity contribution in [1.82, 2.24) is 15.5 Å². The molecule has 0 aliphatic carbocycles. The van der Waals surface area contributed by atoms with Crippen molar-refractivity contribution in [1.29, 1.82) is 0 Å². The van der Waals surface area contributed by atoms with E-state index in [2.05, 4.69) is 20.4 Å². The first-order valence-corrected chi connectivity index (χ1v) is 6.72. The molecule has 3 rings (SSSR count). The number of rotatable bonds is 2. The highest BCUT2D eigenvalue weighted by molar-refractivity contribution is 5.24. The highest BCUT2D eigenvalue weighted by Crippen LogP contribution is 2.27. The molecule has 0 saturated carbocycles. The van der Waals surface area contributed by atoms with E-state index < -0.39 is 0 Å². The highest BCUT2D eigenvalue weighted by atomic mass is 16.4. The first kappa shape index (κ1) is 11.0. The molecular weight excluding hydrogens is 216 g/mol. The average Bonchev–Trinajstić information content (AvgIpc) is 2.90. The van der Waals surface area contributed by atoms with Crippen molar-refractivity contribution in [2.45, 2.75) is 38.0 Å². The fourth-order valence-corrected chi connectivity index (χ4v) is 2.67. The van der Waals surface area contributed by atoms with Crippen LogP contribution >= 0.6 is 0 Å². The van der Waals surface area contributed by atoms with Crippen molar-refractivity contribution >= 4 is 6.01 Å². The first-order valence-electron chi connectivity index (χ1n) is 6.72. The normalized spacial score (nSPS) is 22.9. The smallest absolute Gasteiger partial charge is 0.318 e. The van der Waals surface area contributed by atoms with Gasteiger partial charge in [-0.1, -0.05) is 5.10 Å². The van der Waals surface area contributed by atoms with Gasteiger partial charge in [-0.15, -0.1) is 5.10 Å². The van der Waals surface area contributed by atoms with Crippen molar-refractivity contribution in [3.05, 3.63) is 5.89 Å². The van der Waals surface area contributed by atoms with Crippen LogP contribution in [0.25, 0.3) is 0 Å². The van der Waals surface area contributed by atoms with Gasteiger partial charge in [0, 0.05) is 19.0 Å². The highest BCUT2D eigenvalue weighted by Gasteiger charge is 2.23. The number of anilines is 1. The lowest BCUT2D eigenvalue weighted by molar-refractivity contribution is 0.371. The Balaban J connectivity index is 1.68. The van der Waals surface area contributed by atoms with E-state index >= 15 is 0 Å². The van der Waals surface area contributed by atoms with Crippen LogP contribution in [0.4, 0.5) is 6.01 Å². The molecule has 0 spiro atoms. The molecule has 17 heavy (non-hydrogen) atoms. The zero-order valence-electron chi connectivity index (χ0n) is 10.2. The molecule has 5 heteroatoms. The van der Waals surface area contributed by atoms with E-state index in [0.29, 0.717) is 5.92 Å². The summed E-state index contributed by atoms with van der Waals surface area (Å²) in [5.74, 6) is 1.30. The summed E-state index contributed by atoms with van der Waals surface area (Å²) in [7, 11) is 0. The summed E-state index contributed by atoms with van der Waals surface area (Å²) in [6.07, 6.45) is 6.03. The van der Waals surface area contributed by atoms with Gasteiger partial charge >= 0.3 is 6.01 Å². The minimum atomic E-state index is 0.460. The topological polar surface area (TPSA) is 54.2 Å². The Bertz CT molecular complexity index is 321. The van der Waals surface area contributed by atoms with Crippen molar-refractivity contribution < 1.29 is 4.42 Å². The molecule has 2 saturated heterocycles. The summed E-state index contributed by atoms with van der Waals surface area (Å²) in [5, 5.41) is 11.8. The SMILES string of the molecule is C1CCN(c2nnc(C3CCNCC3)o2)CC1.